The number of hydrogen-bond donors (Lipinski definition) is 1. The Labute approximate surface area is 152 Å². The van der Waals surface area contributed by atoms with Gasteiger partial charge < -0.3 is 10.5 Å². The molecule has 0 amide bonds. The fourth-order valence-corrected chi connectivity index (χ4v) is 2.28. The number of hydrogen-bond acceptors (Lipinski definition) is 4. The van der Waals surface area contributed by atoms with Crippen molar-refractivity contribution in [2.75, 3.05) is 6.54 Å². The quantitative estimate of drug-likeness (QED) is 0.212. The van der Waals surface area contributed by atoms with E-state index in [0.717, 1.165) is 18.4 Å². The predicted octanol–water partition coefficient (Wildman–Crippen LogP) is 3.97. The number of rotatable bonds is 10. The number of esters is 1. The van der Waals surface area contributed by atoms with Gasteiger partial charge in [-0.15, -0.1) is 0 Å². The van der Waals surface area contributed by atoms with E-state index in [4.69, 9.17) is 10.5 Å². The molecule has 0 aliphatic carbocycles. The lowest BCUT2D eigenvalue weighted by molar-refractivity contribution is -0.155. The largest absolute Gasteiger partial charge is 0.460 e. The maximum Gasteiger partial charge on any atom is 0.306 e. The number of unbranched alkanes of at least 4 members (excludes halogenated alkanes) is 1. The molecule has 2 N–H and O–H groups in total. The third-order valence-corrected chi connectivity index (χ3v) is 3.33. The van der Waals surface area contributed by atoms with E-state index in [1.807, 2.05) is 46.8 Å². The van der Waals surface area contributed by atoms with Crippen LogP contribution >= 0.6 is 0 Å². The van der Waals surface area contributed by atoms with Crippen molar-refractivity contribution in [1.82, 2.24) is 0 Å². The summed E-state index contributed by atoms with van der Waals surface area (Å²) >= 11 is 0. The van der Waals surface area contributed by atoms with Gasteiger partial charge in [-0.2, -0.15) is 0 Å². The van der Waals surface area contributed by atoms with Crippen LogP contribution in [0.4, 0.5) is 0 Å². The van der Waals surface area contributed by atoms with Crippen molar-refractivity contribution >= 4 is 17.6 Å². The van der Waals surface area contributed by atoms with Gasteiger partial charge in [0.15, 0.2) is 5.78 Å². The molecule has 1 atom stereocenters. The molecule has 0 heterocycles. The van der Waals surface area contributed by atoms with Gasteiger partial charge in [0, 0.05) is 6.54 Å². The zero-order valence-corrected chi connectivity index (χ0v) is 16.6. The number of nitrogens with zero attached hydrogens (tertiary/aromatic N) is 1. The van der Waals surface area contributed by atoms with E-state index in [1.165, 1.54) is 0 Å². The number of aliphatic imine (C=N–C) groups is 1. The second kappa shape index (κ2) is 11.6. The highest BCUT2D eigenvalue weighted by molar-refractivity contribution is 5.93. The standard InChI is InChI=1S/C20H34N2O3/c1-7-10-18(21)22-12-9-8-11-17(16(3)23)13-15(2)14-19(24)25-20(4,5)6/h7,10,13,15H,8-9,11-12,14H2,1-6H3,(H2,21,22)/b10-7?,17-13-. The molecule has 5 heteroatoms. The fraction of sp³-hybridized carbons (Fsp3) is 0.650. The first kappa shape index (κ1) is 23.1. The van der Waals surface area contributed by atoms with Crippen LogP contribution in [0.25, 0.3) is 0 Å². The second-order valence-electron chi connectivity index (χ2n) is 7.28. The van der Waals surface area contributed by atoms with Crippen LogP contribution in [0.5, 0.6) is 0 Å². The van der Waals surface area contributed by atoms with Crippen LogP contribution < -0.4 is 5.73 Å². The van der Waals surface area contributed by atoms with E-state index in [-0.39, 0.29) is 24.1 Å². The average molecular weight is 351 g/mol. The van der Waals surface area contributed by atoms with Crippen molar-refractivity contribution < 1.29 is 14.3 Å². The van der Waals surface area contributed by atoms with Crippen molar-refractivity contribution in [2.24, 2.45) is 16.6 Å². The van der Waals surface area contributed by atoms with E-state index in [9.17, 15) is 9.59 Å². The number of nitrogens with two attached hydrogens (primary N) is 1. The molecule has 0 saturated carbocycles. The zero-order valence-electron chi connectivity index (χ0n) is 16.6. The molecule has 0 saturated heterocycles. The molecule has 0 fully saturated rings. The Morgan fingerprint density at radius 1 is 1.24 bits per heavy atom. The number of allylic oxidation sites excluding steroid dienone is 3. The molecule has 0 aromatic heterocycles. The predicted molar refractivity (Wildman–Crippen MR) is 104 cm³/mol. The first-order valence-corrected chi connectivity index (χ1v) is 8.91. The Morgan fingerprint density at radius 3 is 2.40 bits per heavy atom. The van der Waals surface area contributed by atoms with Crippen LogP contribution in [0.15, 0.2) is 28.8 Å². The SMILES string of the molecule is CC=CC(N)=NCCCC/C(=C/C(C)CC(=O)OC(C)(C)C)C(C)=O. The molecule has 0 aliphatic heterocycles. The van der Waals surface area contributed by atoms with Gasteiger partial charge in [-0.25, -0.2) is 0 Å². The average Bonchev–Trinajstić information content (AvgIpc) is 2.43. The summed E-state index contributed by atoms with van der Waals surface area (Å²) in [5, 5.41) is 0. The van der Waals surface area contributed by atoms with E-state index < -0.39 is 5.60 Å². The van der Waals surface area contributed by atoms with Crippen LogP contribution in [0.1, 0.15) is 67.2 Å². The summed E-state index contributed by atoms with van der Waals surface area (Å²) in [6.45, 7) is 11.6. The first-order chi connectivity index (χ1) is 11.5. The third-order valence-electron chi connectivity index (χ3n) is 3.33. The molecule has 0 aromatic carbocycles. The lowest BCUT2D eigenvalue weighted by atomic mass is 9.98. The molecule has 0 rings (SSSR count). The van der Waals surface area contributed by atoms with Gasteiger partial charge in [-0.05, 0) is 71.4 Å². The van der Waals surface area contributed by atoms with Crippen LogP contribution in [0.3, 0.4) is 0 Å². The number of ketones is 1. The summed E-state index contributed by atoms with van der Waals surface area (Å²) in [6.07, 6.45) is 8.19. The lowest BCUT2D eigenvalue weighted by Crippen LogP contribution is -2.24. The van der Waals surface area contributed by atoms with Crippen molar-refractivity contribution in [3.05, 3.63) is 23.8 Å². The molecule has 1 unspecified atom stereocenters. The lowest BCUT2D eigenvalue weighted by Gasteiger charge is -2.20. The topological polar surface area (TPSA) is 81.8 Å². The highest BCUT2D eigenvalue weighted by atomic mass is 16.6. The second-order valence-corrected chi connectivity index (χ2v) is 7.28. The van der Waals surface area contributed by atoms with Gasteiger partial charge in [-0.3, -0.25) is 14.6 Å². The minimum Gasteiger partial charge on any atom is -0.460 e. The number of ether oxygens (including phenoxy) is 1. The van der Waals surface area contributed by atoms with Gasteiger partial charge in [0.2, 0.25) is 0 Å². The molecular formula is C20H34N2O3. The minimum atomic E-state index is -0.487. The van der Waals surface area contributed by atoms with Gasteiger partial charge in [0.05, 0.1) is 6.42 Å². The third kappa shape index (κ3) is 13.1. The number of carbonyl (C=O) groups excluding carboxylic acids is 2. The summed E-state index contributed by atoms with van der Waals surface area (Å²) < 4.78 is 5.32. The van der Waals surface area contributed by atoms with E-state index in [1.54, 1.807) is 13.0 Å². The number of amidine groups is 1. The van der Waals surface area contributed by atoms with Gasteiger partial charge in [0.25, 0.3) is 0 Å². The molecule has 0 spiro atoms. The summed E-state index contributed by atoms with van der Waals surface area (Å²) in [7, 11) is 0. The Kier molecular flexibility index (Phi) is 10.7. The molecular weight excluding hydrogens is 316 g/mol. The van der Waals surface area contributed by atoms with E-state index in [2.05, 4.69) is 4.99 Å². The van der Waals surface area contributed by atoms with Crippen molar-refractivity contribution in [3.63, 3.8) is 0 Å². The highest BCUT2D eigenvalue weighted by Crippen LogP contribution is 2.17. The molecule has 0 radical (unpaired) electrons. The number of Topliss-reactive ketones (excluding diaryl/α,β-unsaturated/α-hetero) is 1. The summed E-state index contributed by atoms with van der Waals surface area (Å²) in [5.41, 5.74) is 5.96. The Hall–Kier alpha value is -1.91. The van der Waals surface area contributed by atoms with Gasteiger partial charge >= 0.3 is 5.97 Å². The molecule has 0 aromatic rings. The zero-order chi connectivity index (χ0) is 19.5. The Bertz CT molecular complexity index is 526. The smallest absolute Gasteiger partial charge is 0.306 e. The van der Waals surface area contributed by atoms with E-state index in [0.29, 0.717) is 18.8 Å². The van der Waals surface area contributed by atoms with Gasteiger partial charge in [0.1, 0.15) is 11.4 Å². The maximum absolute atomic E-state index is 11.9. The van der Waals surface area contributed by atoms with Gasteiger partial charge in [-0.1, -0.05) is 19.1 Å². The fourth-order valence-electron chi connectivity index (χ4n) is 2.28. The van der Waals surface area contributed by atoms with Crippen molar-refractivity contribution in [2.45, 2.75) is 72.8 Å². The molecule has 0 bridgehead atoms. The molecule has 142 valence electrons. The van der Waals surface area contributed by atoms with Crippen LogP contribution in [-0.4, -0.2) is 29.7 Å². The maximum atomic E-state index is 11.9. The van der Waals surface area contributed by atoms with Crippen LogP contribution in [-0.2, 0) is 14.3 Å². The van der Waals surface area contributed by atoms with Crippen molar-refractivity contribution in [1.29, 1.82) is 0 Å². The summed E-state index contributed by atoms with van der Waals surface area (Å²) in [5.74, 6) is 0.300. The summed E-state index contributed by atoms with van der Waals surface area (Å²) in [4.78, 5) is 27.9. The number of carbonyl (C=O) groups is 2. The Morgan fingerprint density at radius 2 is 1.88 bits per heavy atom. The van der Waals surface area contributed by atoms with E-state index >= 15 is 0 Å². The normalized spacial score (nSPS) is 14.6. The molecule has 5 nitrogen and oxygen atoms in total. The van der Waals surface area contributed by atoms with Crippen molar-refractivity contribution in [3.8, 4) is 0 Å². The first-order valence-electron chi connectivity index (χ1n) is 8.91. The molecule has 25 heavy (non-hydrogen) atoms. The monoisotopic (exact) mass is 350 g/mol. The highest BCUT2D eigenvalue weighted by Gasteiger charge is 2.18. The summed E-state index contributed by atoms with van der Waals surface area (Å²) in [6, 6.07) is 0. The minimum absolute atomic E-state index is 0.0305. The van der Waals surface area contributed by atoms with Crippen LogP contribution in [0.2, 0.25) is 0 Å². The molecule has 0 aliphatic rings. The van der Waals surface area contributed by atoms with Crippen LogP contribution in [0, 0.1) is 5.92 Å². The Balaban J connectivity index is 4.48.